The van der Waals surface area contributed by atoms with Gasteiger partial charge in [0.05, 0.1) is 5.75 Å². The van der Waals surface area contributed by atoms with Crippen LogP contribution in [0.2, 0.25) is 0 Å². The van der Waals surface area contributed by atoms with E-state index < -0.39 is 9.84 Å². The van der Waals surface area contributed by atoms with Crippen LogP contribution in [0.15, 0.2) is 0 Å². The third-order valence-electron chi connectivity index (χ3n) is 3.35. The second-order valence-corrected chi connectivity index (χ2v) is 7.66. The van der Waals surface area contributed by atoms with Gasteiger partial charge in [-0.05, 0) is 38.8 Å². The third-order valence-corrected chi connectivity index (χ3v) is 4.46. The van der Waals surface area contributed by atoms with Crippen molar-refractivity contribution in [2.24, 2.45) is 5.92 Å². The molecule has 1 heterocycles. The predicted molar refractivity (Wildman–Crippen MR) is 72.0 cm³/mol. The highest BCUT2D eigenvalue weighted by Gasteiger charge is 2.15. The van der Waals surface area contributed by atoms with Crippen LogP contribution in [0.1, 0.15) is 26.7 Å². The van der Waals surface area contributed by atoms with Crippen LogP contribution in [-0.2, 0) is 9.84 Å². The van der Waals surface area contributed by atoms with E-state index in [0.29, 0.717) is 0 Å². The monoisotopic (exact) mass is 262 g/mol. The minimum absolute atomic E-state index is 0.0497. The molecule has 0 amide bonds. The first-order valence-corrected chi connectivity index (χ1v) is 8.56. The Morgan fingerprint density at radius 2 is 1.94 bits per heavy atom. The third kappa shape index (κ3) is 7.01. The van der Waals surface area contributed by atoms with Crippen molar-refractivity contribution in [1.29, 1.82) is 0 Å². The van der Waals surface area contributed by atoms with Gasteiger partial charge < -0.3 is 10.2 Å². The molecule has 0 aromatic carbocycles. The van der Waals surface area contributed by atoms with Crippen molar-refractivity contribution >= 4 is 9.84 Å². The quantitative estimate of drug-likeness (QED) is 0.767. The van der Waals surface area contributed by atoms with E-state index in [1.807, 2.05) is 6.92 Å². The molecule has 1 rings (SSSR count). The predicted octanol–water partition coefficient (Wildman–Crippen LogP) is 0.741. The Hall–Kier alpha value is -0.130. The van der Waals surface area contributed by atoms with Crippen LogP contribution in [0.25, 0.3) is 0 Å². The lowest BCUT2D eigenvalue weighted by atomic mass is 9.99. The molecule has 1 saturated heterocycles. The Balaban J connectivity index is 2.11. The maximum absolute atomic E-state index is 11.1. The molecule has 0 aliphatic carbocycles. The smallest absolute Gasteiger partial charge is 0.148 e. The zero-order valence-corrected chi connectivity index (χ0v) is 12.1. The molecule has 0 radical (unpaired) electrons. The fourth-order valence-electron chi connectivity index (χ4n) is 2.27. The maximum atomic E-state index is 11.1. The Morgan fingerprint density at radius 3 is 2.47 bits per heavy atom. The summed E-state index contributed by atoms with van der Waals surface area (Å²) in [5.41, 5.74) is 0. The maximum Gasteiger partial charge on any atom is 0.148 e. The zero-order chi connectivity index (χ0) is 12.9. The summed E-state index contributed by atoms with van der Waals surface area (Å²) < 4.78 is 22.2. The van der Waals surface area contributed by atoms with E-state index >= 15 is 0 Å². The van der Waals surface area contributed by atoms with E-state index in [2.05, 4.69) is 17.1 Å². The van der Waals surface area contributed by atoms with Gasteiger partial charge in [-0.15, -0.1) is 0 Å². The normalized spacial score (nSPS) is 21.6. The molecular formula is C12H26N2O2S. The summed E-state index contributed by atoms with van der Waals surface area (Å²) in [6.07, 6.45) is 3.87. The van der Waals surface area contributed by atoms with Crippen LogP contribution in [0.5, 0.6) is 0 Å². The second kappa shape index (κ2) is 6.71. The largest absolute Gasteiger partial charge is 0.312 e. The summed E-state index contributed by atoms with van der Waals surface area (Å²) in [4.78, 5) is 2.46. The van der Waals surface area contributed by atoms with Crippen molar-refractivity contribution in [1.82, 2.24) is 10.2 Å². The van der Waals surface area contributed by atoms with Crippen LogP contribution < -0.4 is 5.32 Å². The topological polar surface area (TPSA) is 49.4 Å². The second-order valence-electron chi connectivity index (χ2n) is 5.47. The number of likely N-dealkylation sites (tertiary alicyclic amines) is 1. The van der Waals surface area contributed by atoms with Crippen LogP contribution >= 0.6 is 0 Å². The fourth-order valence-corrected chi connectivity index (χ4v) is 3.29. The summed E-state index contributed by atoms with van der Waals surface area (Å²) in [6, 6.07) is 0.0497. The van der Waals surface area contributed by atoms with Crippen molar-refractivity contribution in [2.45, 2.75) is 32.7 Å². The highest BCUT2D eigenvalue weighted by Crippen LogP contribution is 2.15. The van der Waals surface area contributed by atoms with Gasteiger partial charge in [0.1, 0.15) is 9.84 Å². The highest BCUT2D eigenvalue weighted by molar-refractivity contribution is 7.90. The first-order chi connectivity index (χ1) is 7.87. The minimum atomic E-state index is -2.86. The van der Waals surface area contributed by atoms with Crippen molar-refractivity contribution in [2.75, 3.05) is 38.2 Å². The molecule has 1 aliphatic rings. The molecule has 0 aromatic heterocycles. The lowest BCUT2D eigenvalue weighted by Crippen LogP contribution is -2.41. The van der Waals surface area contributed by atoms with Gasteiger partial charge in [0, 0.05) is 25.4 Å². The standard InChI is InChI=1S/C12H26N2O2S/c1-11-4-7-14(8-5-11)9-6-13-12(2)10-17(3,15)16/h11-13H,4-10H2,1-3H3. The molecule has 0 aromatic rings. The van der Waals surface area contributed by atoms with Gasteiger partial charge in [0.2, 0.25) is 0 Å². The Kier molecular flexibility index (Phi) is 5.89. The summed E-state index contributed by atoms with van der Waals surface area (Å²) in [7, 11) is -2.86. The minimum Gasteiger partial charge on any atom is -0.312 e. The average Bonchev–Trinajstić information content (AvgIpc) is 2.18. The van der Waals surface area contributed by atoms with Gasteiger partial charge in [-0.25, -0.2) is 8.42 Å². The van der Waals surface area contributed by atoms with Gasteiger partial charge in [0.15, 0.2) is 0 Å². The molecule has 4 nitrogen and oxygen atoms in total. The molecule has 17 heavy (non-hydrogen) atoms. The van der Waals surface area contributed by atoms with Crippen LogP contribution in [0.3, 0.4) is 0 Å². The lowest BCUT2D eigenvalue weighted by molar-refractivity contribution is 0.192. The molecule has 1 atom stereocenters. The van der Waals surface area contributed by atoms with Crippen molar-refractivity contribution < 1.29 is 8.42 Å². The van der Waals surface area contributed by atoms with E-state index in [1.54, 1.807) is 0 Å². The van der Waals surface area contributed by atoms with Gasteiger partial charge in [-0.2, -0.15) is 0 Å². The Labute approximate surface area is 106 Å². The molecule has 0 spiro atoms. The van der Waals surface area contributed by atoms with Crippen molar-refractivity contribution in [3.63, 3.8) is 0 Å². The average molecular weight is 262 g/mol. The van der Waals surface area contributed by atoms with Gasteiger partial charge in [0.25, 0.3) is 0 Å². The molecule has 0 saturated carbocycles. The molecule has 5 heteroatoms. The number of nitrogens with zero attached hydrogens (tertiary/aromatic N) is 1. The molecule has 102 valence electrons. The number of nitrogens with one attached hydrogen (secondary N) is 1. The summed E-state index contributed by atoms with van der Waals surface area (Å²) in [6.45, 7) is 8.52. The first-order valence-electron chi connectivity index (χ1n) is 6.50. The number of hydrogen-bond acceptors (Lipinski definition) is 4. The summed E-state index contributed by atoms with van der Waals surface area (Å²) in [5.74, 6) is 1.09. The highest BCUT2D eigenvalue weighted by atomic mass is 32.2. The van der Waals surface area contributed by atoms with E-state index in [-0.39, 0.29) is 11.8 Å². The molecule has 1 N–H and O–H groups in total. The van der Waals surface area contributed by atoms with Crippen molar-refractivity contribution in [3.8, 4) is 0 Å². The summed E-state index contributed by atoms with van der Waals surface area (Å²) >= 11 is 0. The first kappa shape index (κ1) is 14.9. The fraction of sp³-hybridized carbons (Fsp3) is 1.00. The van der Waals surface area contributed by atoms with Crippen LogP contribution in [-0.4, -0.2) is 57.5 Å². The SMILES string of the molecule is CC1CCN(CCNC(C)CS(C)(=O)=O)CC1. The lowest BCUT2D eigenvalue weighted by Gasteiger charge is -2.30. The van der Waals surface area contributed by atoms with E-state index in [9.17, 15) is 8.42 Å². The van der Waals surface area contributed by atoms with Gasteiger partial charge >= 0.3 is 0 Å². The zero-order valence-electron chi connectivity index (χ0n) is 11.3. The van der Waals surface area contributed by atoms with E-state index in [1.165, 1.54) is 32.2 Å². The molecule has 1 aliphatic heterocycles. The van der Waals surface area contributed by atoms with Crippen LogP contribution in [0.4, 0.5) is 0 Å². The molecule has 1 fully saturated rings. The summed E-state index contributed by atoms with van der Waals surface area (Å²) in [5, 5.41) is 3.28. The van der Waals surface area contributed by atoms with E-state index in [4.69, 9.17) is 0 Å². The number of piperidine rings is 1. The molecule has 1 unspecified atom stereocenters. The Morgan fingerprint density at radius 1 is 1.35 bits per heavy atom. The number of hydrogen-bond donors (Lipinski definition) is 1. The number of rotatable bonds is 6. The van der Waals surface area contributed by atoms with Gasteiger partial charge in [-0.3, -0.25) is 0 Å². The van der Waals surface area contributed by atoms with Crippen LogP contribution in [0, 0.1) is 5.92 Å². The van der Waals surface area contributed by atoms with Gasteiger partial charge in [-0.1, -0.05) is 6.92 Å². The van der Waals surface area contributed by atoms with E-state index in [0.717, 1.165) is 19.0 Å². The molecule has 0 bridgehead atoms. The Bertz CT molecular complexity index is 308. The number of sulfone groups is 1. The van der Waals surface area contributed by atoms with Crippen molar-refractivity contribution in [3.05, 3.63) is 0 Å². The molecular weight excluding hydrogens is 236 g/mol.